The fourth-order valence-corrected chi connectivity index (χ4v) is 2.03. The van der Waals surface area contributed by atoms with Crippen LogP contribution < -0.4 is 0 Å². The first kappa shape index (κ1) is 18.1. The van der Waals surface area contributed by atoms with Gasteiger partial charge in [-0.2, -0.15) is 0 Å². The van der Waals surface area contributed by atoms with Crippen molar-refractivity contribution in [1.82, 2.24) is 4.90 Å². The molecule has 0 heterocycles. The fourth-order valence-electron chi connectivity index (χ4n) is 2.03. The van der Waals surface area contributed by atoms with E-state index in [0.717, 1.165) is 6.54 Å². The van der Waals surface area contributed by atoms with Crippen LogP contribution in [0, 0.1) is 0 Å². The van der Waals surface area contributed by atoms with E-state index in [1.54, 1.807) is 0 Å². The molecule has 3 nitrogen and oxygen atoms in total. The molecule has 3 heteroatoms. The van der Waals surface area contributed by atoms with E-state index < -0.39 is 6.10 Å². The molecule has 21 heavy (non-hydrogen) atoms. The summed E-state index contributed by atoms with van der Waals surface area (Å²) in [4.78, 5) is 2.29. The maximum atomic E-state index is 10.3. The molecule has 1 aromatic rings. The number of ether oxygens (including phenoxy) is 1. The normalized spacial score (nSPS) is 14.5. The highest BCUT2D eigenvalue weighted by atomic mass is 16.5. The van der Waals surface area contributed by atoms with Crippen molar-refractivity contribution in [2.45, 2.75) is 65.3 Å². The smallest absolute Gasteiger partial charge is 0.0900 e. The average molecular weight is 293 g/mol. The zero-order valence-electron chi connectivity index (χ0n) is 14.4. The molecule has 0 amide bonds. The van der Waals surface area contributed by atoms with Crippen LogP contribution in [0.1, 0.15) is 47.1 Å². The van der Waals surface area contributed by atoms with E-state index in [9.17, 15) is 5.11 Å². The predicted molar refractivity (Wildman–Crippen MR) is 88.3 cm³/mol. The molecule has 0 fully saturated rings. The second-order valence-electron chi connectivity index (χ2n) is 7.61. The summed E-state index contributed by atoms with van der Waals surface area (Å²) in [6.45, 7) is 14.3. The summed E-state index contributed by atoms with van der Waals surface area (Å²) in [6, 6.07) is 10.4. The number of aliphatic hydroxyl groups excluding tert-OH is 1. The number of benzene rings is 1. The zero-order chi connectivity index (χ0) is 16.1. The lowest BCUT2D eigenvalue weighted by Gasteiger charge is -2.37. The molecule has 120 valence electrons. The van der Waals surface area contributed by atoms with Gasteiger partial charge >= 0.3 is 0 Å². The molecule has 1 unspecified atom stereocenters. The van der Waals surface area contributed by atoms with Crippen LogP contribution >= 0.6 is 0 Å². The van der Waals surface area contributed by atoms with Crippen LogP contribution in [-0.2, 0) is 11.3 Å². The second-order valence-corrected chi connectivity index (χ2v) is 7.61. The third-order valence-corrected chi connectivity index (χ3v) is 3.30. The summed E-state index contributed by atoms with van der Waals surface area (Å²) in [5.41, 5.74) is 1.04. The second kappa shape index (κ2) is 7.39. The van der Waals surface area contributed by atoms with E-state index in [1.165, 1.54) is 5.56 Å². The van der Waals surface area contributed by atoms with Gasteiger partial charge in [0.05, 0.1) is 18.3 Å². The van der Waals surface area contributed by atoms with Gasteiger partial charge in [-0.15, -0.1) is 0 Å². The van der Waals surface area contributed by atoms with Crippen LogP contribution in [0.3, 0.4) is 0 Å². The van der Waals surface area contributed by atoms with Gasteiger partial charge < -0.3 is 9.84 Å². The quantitative estimate of drug-likeness (QED) is 0.872. The Morgan fingerprint density at radius 2 is 1.62 bits per heavy atom. The maximum absolute atomic E-state index is 10.3. The van der Waals surface area contributed by atoms with Crippen LogP contribution in [0.4, 0.5) is 0 Å². The van der Waals surface area contributed by atoms with E-state index in [1.807, 2.05) is 26.8 Å². The third-order valence-electron chi connectivity index (χ3n) is 3.30. The van der Waals surface area contributed by atoms with Gasteiger partial charge in [0.25, 0.3) is 0 Å². The van der Waals surface area contributed by atoms with Crippen molar-refractivity contribution in [2.75, 3.05) is 13.2 Å². The van der Waals surface area contributed by atoms with Gasteiger partial charge in [-0.3, -0.25) is 4.90 Å². The van der Waals surface area contributed by atoms with Crippen LogP contribution in [0.5, 0.6) is 0 Å². The Balaban J connectivity index is 2.63. The molecule has 0 aliphatic carbocycles. The third kappa shape index (κ3) is 7.60. The number of hydrogen-bond donors (Lipinski definition) is 1. The van der Waals surface area contributed by atoms with Gasteiger partial charge in [0.2, 0.25) is 0 Å². The van der Waals surface area contributed by atoms with Gasteiger partial charge in [-0.25, -0.2) is 0 Å². The Morgan fingerprint density at radius 1 is 1.05 bits per heavy atom. The minimum Gasteiger partial charge on any atom is -0.389 e. The molecule has 0 spiro atoms. The minimum absolute atomic E-state index is 0.00143. The van der Waals surface area contributed by atoms with Crippen LogP contribution in [-0.4, -0.2) is 40.4 Å². The van der Waals surface area contributed by atoms with Gasteiger partial charge in [0, 0.05) is 18.6 Å². The van der Waals surface area contributed by atoms with Crippen molar-refractivity contribution < 1.29 is 9.84 Å². The molecular formula is C18H31NO2. The highest BCUT2D eigenvalue weighted by Gasteiger charge is 2.24. The first-order valence-electron chi connectivity index (χ1n) is 7.69. The number of aliphatic hydroxyl groups is 1. The lowest BCUT2D eigenvalue weighted by atomic mass is 10.0. The first-order valence-corrected chi connectivity index (χ1v) is 7.69. The molecule has 0 saturated carbocycles. The van der Waals surface area contributed by atoms with Crippen molar-refractivity contribution in [3.8, 4) is 0 Å². The Hall–Kier alpha value is -0.900. The van der Waals surface area contributed by atoms with Crippen molar-refractivity contribution in [2.24, 2.45) is 0 Å². The predicted octanol–water partition coefficient (Wildman–Crippen LogP) is 3.46. The molecule has 0 radical (unpaired) electrons. The lowest BCUT2D eigenvalue weighted by Crippen LogP contribution is -2.46. The molecule has 1 N–H and O–H groups in total. The Kier molecular flexibility index (Phi) is 6.39. The highest BCUT2D eigenvalue weighted by Crippen LogP contribution is 2.18. The van der Waals surface area contributed by atoms with E-state index in [2.05, 4.69) is 49.9 Å². The van der Waals surface area contributed by atoms with Crippen LogP contribution in [0.2, 0.25) is 0 Å². The summed E-state index contributed by atoms with van der Waals surface area (Å²) < 4.78 is 5.68. The Bertz CT molecular complexity index is 403. The van der Waals surface area contributed by atoms with E-state index in [-0.39, 0.29) is 11.1 Å². The molecule has 0 aliphatic rings. The summed E-state index contributed by atoms with van der Waals surface area (Å²) in [5, 5.41) is 10.3. The molecule has 0 aliphatic heterocycles. The molecule has 1 aromatic carbocycles. The Morgan fingerprint density at radius 3 is 2.10 bits per heavy atom. The fraction of sp³-hybridized carbons (Fsp3) is 0.667. The van der Waals surface area contributed by atoms with Gasteiger partial charge in [0.1, 0.15) is 0 Å². The molecule has 0 bridgehead atoms. The van der Waals surface area contributed by atoms with Crippen molar-refractivity contribution in [1.29, 1.82) is 0 Å². The molecular weight excluding hydrogens is 262 g/mol. The van der Waals surface area contributed by atoms with Crippen molar-refractivity contribution in [3.05, 3.63) is 35.9 Å². The molecule has 0 aromatic heterocycles. The van der Waals surface area contributed by atoms with E-state index in [4.69, 9.17) is 4.74 Å². The number of β-amino-alcohol motifs (C(OH)–C–C–N with tert-alkyl or cyclic N) is 1. The van der Waals surface area contributed by atoms with Crippen LogP contribution in [0.15, 0.2) is 30.3 Å². The van der Waals surface area contributed by atoms with E-state index >= 15 is 0 Å². The highest BCUT2D eigenvalue weighted by molar-refractivity contribution is 5.14. The van der Waals surface area contributed by atoms with Gasteiger partial charge in [0.15, 0.2) is 0 Å². The molecule has 0 saturated heterocycles. The summed E-state index contributed by atoms with van der Waals surface area (Å²) in [5.74, 6) is 0. The Labute approximate surface area is 129 Å². The monoisotopic (exact) mass is 293 g/mol. The number of rotatable bonds is 6. The number of hydrogen-bond acceptors (Lipinski definition) is 3. The summed E-state index contributed by atoms with van der Waals surface area (Å²) in [7, 11) is 0. The summed E-state index contributed by atoms with van der Waals surface area (Å²) in [6.07, 6.45) is -0.479. The first-order chi connectivity index (χ1) is 9.58. The van der Waals surface area contributed by atoms with Crippen LogP contribution in [0.25, 0.3) is 0 Å². The number of nitrogens with zero attached hydrogens (tertiary/aromatic N) is 1. The lowest BCUT2D eigenvalue weighted by molar-refractivity contribution is -0.0634. The SMILES string of the molecule is CC(C)(C)OCC(O)CN(Cc1ccccc1)C(C)(C)C. The molecule has 1 rings (SSSR count). The topological polar surface area (TPSA) is 32.7 Å². The van der Waals surface area contributed by atoms with E-state index in [0.29, 0.717) is 13.2 Å². The standard InChI is InChI=1S/C18H31NO2/c1-17(2,3)19(12-15-10-8-7-9-11-15)13-16(20)14-21-18(4,5)6/h7-11,16,20H,12-14H2,1-6H3. The van der Waals surface area contributed by atoms with Gasteiger partial charge in [-0.1, -0.05) is 30.3 Å². The largest absolute Gasteiger partial charge is 0.389 e. The van der Waals surface area contributed by atoms with Gasteiger partial charge in [-0.05, 0) is 47.1 Å². The zero-order valence-corrected chi connectivity index (χ0v) is 14.4. The van der Waals surface area contributed by atoms with Crippen molar-refractivity contribution >= 4 is 0 Å². The molecule has 1 atom stereocenters. The maximum Gasteiger partial charge on any atom is 0.0900 e. The van der Waals surface area contributed by atoms with Crippen molar-refractivity contribution in [3.63, 3.8) is 0 Å². The average Bonchev–Trinajstić information content (AvgIpc) is 2.35. The minimum atomic E-state index is -0.479. The summed E-state index contributed by atoms with van der Waals surface area (Å²) >= 11 is 0.